The van der Waals surface area contributed by atoms with E-state index < -0.39 is 35.8 Å². The first-order chi connectivity index (χ1) is 8.54. The molecule has 1 aromatic rings. The fourth-order valence-electron chi connectivity index (χ4n) is 1.95. The largest absolute Gasteiger partial charge is 0.396 e. The number of ether oxygens (including phenoxy) is 1. The third-order valence-electron chi connectivity index (χ3n) is 2.88. The van der Waals surface area contributed by atoms with E-state index in [0.717, 1.165) is 10.6 Å². The summed E-state index contributed by atoms with van der Waals surface area (Å²) in [4.78, 5) is 24.5. The molecule has 1 saturated heterocycles. The molecular weight excluding hydrogens is 244 g/mol. The van der Waals surface area contributed by atoms with Crippen molar-refractivity contribution in [3.63, 3.8) is 0 Å². The van der Waals surface area contributed by atoms with Crippen molar-refractivity contribution >= 4 is 0 Å². The average Bonchev–Trinajstić information content (AvgIpc) is 2.58. The van der Waals surface area contributed by atoms with Gasteiger partial charge in [-0.05, 0) is 6.42 Å². The monoisotopic (exact) mass is 258 g/mol. The zero-order chi connectivity index (χ0) is 13.3. The van der Waals surface area contributed by atoms with E-state index in [9.17, 15) is 19.8 Å². The van der Waals surface area contributed by atoms with Crippen LogP contribution in [-0.2, 0) is 4.74 Å². The van der Waals surface area contributed by atoms with E-state index >= 15 is 0 Å². The van der Waals surface area contributed by atoms with Gasteiger partial charge in [0, 0.05) is 18.9 Å². The minimum Gasteiger partial charge on any atom is -0.396 e. The van der Waals surface area contributed by atoms with Crippen LogP contribution in [0.2, 0.25) is 0 Å². The highest BCUT2D eigenvalue weighted by molar-refractivity contribution is 4.92. The quantitative estimate of drug-likeness (QED) is 0.476. The fourth-order valence-corrected chi connectivity index (χ4v) is 1.95. The molecule has 1 aliphatic rings. The zero-order valence-electron chi connectivity index (χ0n) is 9.39. The van der Waals surface area contributed by atoms with Gasteiger partial charge in [0.15, 0.2) is 6.23 Å². The molecule has 0 unspecified atom stereocenters. The summed E-state index contributed by atoms with van der Waals surface area (Å²) >= 11 is 0. The Hall–Kier alpha value is -1.48. The van der Waals surface area contributed by atoms with Crippen molar-refractivity contribution in [3.05, 3.63) is 33.1 Å². The first-order valence-electron chi connectivity index (χ1n) is 5.48. The van der Waals surface area contributed by atoms with Gasteiger partial charge in [0.1, 0.15) is 12.2 Å². The van der Waals surface area contributed by atoms with E-state index in [0.29, 0.717) is 0 Å². The van der Waals surface area contributed by atoms with Gasteiger partial charge in [-0.3, -0.25) is 14.3 Å². The highest BCUT2D eigenvalue weighted by Gasteiger charge is 2.43. The number of rotatable bonds is 3. The normalized spacial score (nSPS) is 31.7. The van der Waals surface area contributed by atoms with Gasteiger partial charge in [-0.15, -0.1) is 0 Å². The minimum absolute atomic E-state index is 0.146. The summed E-state index contributed by atoms with van der Waals surface area (Å²) in [6.45, 7) is -0.207. The molecule has 0 bridgehead atoms. The first-order valence-corrected chi connectivity index (χ1v) is 5.48. The Morgan fingerprint density at radius 2 is 2.06 bits per heavy atom. The maximum absolute atomic E-state index is 11.5. The van der Waals surface area contributed by atoms with Crippen LogP contribution >= 0.6 is 0 Å². The molecule has 8 heteroatoms. The molecule has 0 aliphatic carbocycles. The molecule has 0 aromatic carbocycles. The van der Waals surface area contributed by atoms with Crippen molar-refractivity contribution in [3.8, 4) is 0 Å². The van der Waals surface area contributed by atoms with Gasteiger partial charge in [-0.25, -0.2) is 4.79 Å². The van der Waals surface area contributed by atoms with E-state index in [-0.39, 0.29) is 13.0 Å². The summed E-state index contributed by atoms with van der Waals surface area (Å²) in [6, 6.07) is 1.11. The van der Waals surface area contributed by atoms with Crippen molar-refractivity contribution in [2.45, 2.75) is 31.0 Å². The number of nitrogens with one attached hydrogen (secondary N) is 1. The summed E-state index contributed by atoms with van der Waals surface area (Å²) < 4.78 is 6.31. The van der Waals surface area contributed by atoms with E-state index in [1.807, 2.05) is 4.98 Å². The summed E-state index contributed by atoms with van der Waals surface area (Å²) in [5.41, 5.74) is -1.29. The number of H-pyrrole nitrogens is 1. The van der Waals surface area contributed by atoms with Crippen LogP contribution in [0.1, 0.15) is 12.6 Å². The highest BCUT2D eigenvalue weighted by Crippen LogP contribution is 2.29. The molecule has 1 fully saturated rings. The van der Waals surface area contributed by atoms with Crippen LogP contribution < -0.4 is 11.2 Å². The lowest BCUT2D eigenvalue weighted by atomic mass is 10.1. The molecule has 1 aliphatic heterocycles. The summed E-state index contributed by atoms with van der Waals surface area (Å²) in [5, 5.41) is 28.3. The molecule has 18 heavy (non-hydrogen) atoms. The Morgan fingerprint density at radius 3 is 2.67 bits per heavy atom. The number of hydrogen-bond acceptors (Lipinski definition) is 6. The van der Waals surface area contributed by atoms with Crippen molar-refractivity contribution < 1.29 is 20.1 Å². The Balaban J connectivity index is 2.29. The van der Waals surface area contributed by atoms with Crippen molar-refractivity contribution in [2.24, 2.45) is 0 Å². The Bertz CT molecular complexity index is 524. The number of nitrogens with zero attached hydrogens (tertiary/aromatic N) is 1. The Kier molecular flexibility index (Phi) is 3.62. The molecule has 4 atom stereocenters. The predicted molar refractivity (Wildman–Crippen MR) is 58.9 cm³/mol. The third kappa shape index (κ3) is 2.23. The molecular formula is C10H14N2O6. The van der Waals surface area contributed by atoms with Crippen molar-refractivity contribution in [2.75, 3.05) is 6.61 Å². The van der Waals surface area contributed by atoms with Gasteiger partial charge in [0.05, 0.1) is 6.10 Å². The number of aromatic amines is 1. The van der Waals surface area contributed by atoms with Crippen LogP contribution in [0, 0.1) is 0 Å². The van der Waals surface area contributed by atoms with Crippen LogP contribution in [0.25, 0.3) is 0 Å². The number of aliphatic hydroxyl groups excluding tert-OH is 3. The third-order valence-corrected chi connectivity index (χ3v) is 2.88. The molecule has 1 aromatic heterocycles. The lowest BCUT2D eigenvalue weighted by Crippen LogP contribution is -2.37. The number of aromatic nitrogens is 2. The highest BCUT2D eigenvalue weighted by atomic mass is 16.6. The molecule has 4 N–H and O–H groups in total. The van der Waals surface area contributed by atoms with E-state index in [1.165, 1.54) is 6.20 Å². The van der Waals surface area contributed by atoms with Crippen LogP contribution in [0.5, 0.6) is 0 Å². The lowest BCUT2D eigenvalue weighted by molar-refractivity contribution is -0.0451. The van der Waals surface area contributed by atoms with E-state index in [2.05, 4.69) is 0 Å². The summed E-state index contributed by atoms with van der Waals surface area (Å²) in [7, 11) is 0. The molecule has 0 saturated carbocycles. The van der Waals surface area contributed by atoms with Crippen LogP contribution in [0.4, 0.5) is 0 Å². The topological polar surface area (TPSA) is 125 Å². The maximum atomic E-state index is 11.5. The SMILES string of the molecule is O=c1ccn([C@@H]2O[C@H](CCO)[C@@H](O)[C@H]2O)c(=O)[nH]1. The molecule has 0 amide bonds. The van der Waals surface area contributed by atoms with Crippen LogP contribution in [0.15, 0.2) is 21.9 Å². The van der Waals surface area contributed by atoms with Crippen molar-refractivity contribution in [1.82, 2.24) is 9.55 Å². The second-order valence-corrected chi connectivity index (χ2v) is 4.08. The lowest BCUT2D eigenvalue weighted by Gasteiger charge is -2.16. The van der Waals surface area contributed by atoms with Gasteiger partial charge < -0.3 is 20.1 Å². The maximum Gasteiger partial charge on any atom is 0.330 e. The second-order valence-electron chi connectivity index (χ2n) is 4.08. The fraction of sp³-hybridized carbons (Fsp3) is 0.600. The average molecular weight is 258 g/mol. The number of hydrogen-bond donors (Lipinski definition) is 4. The number of aliphatic hydroxyl groups is 3. The summed E-state index contributed by atoms with van der Waals surface area (Å²) in [6.07, 6.45) is -3.00. The molecule has 2 rings (SSSR count). The van der Waals surface area contributed by atoms with Gasteiger partial charge >= 0.3 is 5.69 Å². The van der Waals surface area contributed by atoms with Gasteiger partial charge in [-0.1, -0.05) is 0 Å². The molecule has 0 radical (unpaired) electrons. The minimum atomic E-state index is -1.30. The van der Waals surface area contributed by atoms with Gasteiger partial charge in [0.25, 0.3) is 5.56 Å². The van der Waals surface area contributed by atoms with Gasteiger partial charge in [0.2, 0.25) is 0 Å². The molecule has 8 nitrogen and oxygen atoms in total. The second kappa shape index (κ2) is 5.02. The van der Waals surface area contributed by atoms with E-state index in [1.54, 1.807) is 0 Å². The molecule has 0 spiro atoms. The molecule has 2 heterocycles. The van der Waals surface area contributed by atoms with Crippen LogP contribution in [-0.4, -0.2) is 49.8 Å². The first kappa shape index (κ1) is 13.0. The Morgan fingerprint density at radius 1 is 1.33 bits per heavy atom. The van der Waals surface area contributed by atoms with E-state index in [4.69, 9.17) is 9.84 Å². The molecule has 100 valence electrons. The Labute approximate surface area is 101 Å². The zero-order valence-corrected chi connectivity index (χ0v) is 9.39. The van der Waals surface area contributed by atoms with Crippen molar-refractivity contribution in [1.29, 1.82) is 0 Å². The smallest absolute Gasteiger partial charge is 0.330 e. The summed E-state index contributed by atoms with van der Waals surface area (Å²) in [5.74, 6) is 0. The van der Waals surface area contributed by atoms with Gasteiger partial charge in [-0.2, -0.15) is 0 Å². The standard InChI is InChI=1S/C10H14N2O6/c13-4-2-5-7(15)8(16)9(18-5)12-3-1-6(14)11-10(12)17/h1,3,5,7-9,13,15-16H,2,4H2,(H,11,14,17)/t5-,7-,8-,9-/m1/s1. The van der Waals surface area contributed by atoms with Crippen LogP contribution in [0.3, 0.4) is 0 Å². The predicted octanol–water partition coefficient (Wildman–Crippen LogP) is -2.46.